The second-order valence-corrected chi connectivity index (χ2v) is 3.95. The Morgan fingerprint density at radius 1 is 1.33 bits per heavy atom. The topological polar surface area (TPSA) is 54.3 Å². The summed E-state index contributed by atoms with van der Waals surface area (Å²) in [6, 6.07) is 7.45. The van der Waals surface area contributed by atoms with Crippen molar-refractivity contribution in [1.29, 1.82) is 5.26 Å². The van der Waals surface area contributed by atoms with Gasteiger partial charge in [-0.3, -0.25) is 5.32 Å². The molecule has 0 aliphatic rings. The number of hydrogen-bond acceptors (Lipinski definition) is 4. The monoisotopic (exact) mass is 248 g/mol. The Labute approximate surface area is 109 Å². The zero-order chi connectivity index (χ0) is 13.4. The normalized spacial score (nSPS) is 11.7. The highest BCUT2D eigenvalue weighted by Gasteiger charge is 2.17. The lowest BCUT2D eigenvalue weighted by Crippen LogP contribution is -2.21. The van der Waals surface area contributed by atoms with Crippen molar-refractivity contribution in [3.8, 4) is 17.6 Å². The summed E-state index contributed by atoms with van der Waals surface area (Å²) in [6.07, 6.45) is 2.14. The zero-order valence-electron chi connectivity index (χ0n) is 11.2. The number of unbranched alkanes of at least 4 members (excludes halogenated alkanes) is 1. The molecule has 1 N–H and O–H groups in total. The van der Waals surface area contributed by atoms with Crippen LogP contribution >= 0.6 is 0 Å². The molecular formula is C14H20N2O2. The average molecular weight is 248 g/mol. The van der Waals surface area contributed by atoms with Crippen molar-refractivity contribution in [2.75, 3.05) is 20.8 Å². The molecule has 0 fully saturated rings. The first-order valence-electron chi connectivity index (χ1n) is 6.12. The highest BCUT2D eigenvalue weighted by Crippen LogP contribution is 2.34. The van der Waals surface area contributed by atoms with Gasteiger partial charge in [0, 0.05) is 5.56 Å². The minimum absolute atomic E-state index is 0.374. The van der Waals surface area contributed by atoms with Gasteiger partial charge in [-0.1, -0.05) is 25.5 Å². The zero-order valence-corrected chi connectivity index (χ0v) is 11.2. The van der Waals surface area contributed by atoms with Crippen LogP contribution in [0.1, 0.15) is 31.4 Å². The van der Waals surface area contributed by atoms with E-state index < -0.39 is 0 Å². The molecule has 0 spiro atoms. The Morgan fingerprint density at radius 3 is 2.67 bits per heavy atom. The summed E-state index contributed by atoms with van der Waals surface area (Å²) in [5.41, 5.74) is 0.815. The molecule has 4 heteroatoms. The first-order chi connectivity index (χ1) is 8.78. The van der Waals surface area contributed by atoms with Crippen molar-refractivity contribution in [2.24, 2.45) is 0 Å². The number of rotatable bonds is 7. The molecule has 98 valence electrons. The molecule has 0 amide bonds. The molecule has 0 heterocycles. The van der Waals surface area contributed by atoms with Crippen molar-refractivity contribution < 1.29 is 9.47 Å². The van der Waals surface area contributed by atoms with Crippen LogP contribution < -0.4 is 14.8 Å². The largest absolute Gasteiger partial charge is 0.493 e. The lowest BCUT2D eigenvalue weighted by molar-refractivity contribution is 0.349. The first kappa shape index (κ1) is 14.3. The van der Waals surface area contributed by atoms with E-state index in [0.717, 1.165) is 24.9 Å². The lowest BCUT2D eigenvalue weighted by atomic mass is 10.1. The highest BCUT2D eigenvalue weighted by atomic mass is 16.5. The number of para-hydroxylation sites is 1. The maximum Gasteiger partial charge on any atom is 0.166 e. The van der Waals surface area contributed by atoms with Crippen LogP contribution in [0.25, 0.3) is 0 Å². The third kappa shape index (κ3) is 3.38. The molecule has 18 heavy (non-hydrogen) atoms. The minimum Gasteiger partial charge on any atom is -0.493 e. The summed E-state index contributed by atoms with van der Waals surface area (Å²) < 4.78 is 10.6. The molecule has 0 aliphatic heterocycles. The SMILES string of the molecule is CCCCNC(C#N)c1cccc(OC)c1OC. The van der Waals surface area contributed by atoms with Crippen LogP contribution in [-0.4, -0.2) is 20.8 Å². The van der Waals surface area contributed by atoms with E-state index in [4.69, 9.17) is 9.47 Å². The smallest absolute Gasteiger partial charge is 0.166 e. The maximum absolute atomic E-state index is 9.25. The van der Waals surface area contributed by atoms with Crippen LogP contribution in [0.15, 0.2) is 18.2 Å². The van der Waals surface area contributed by atoms with Gasteiger partial charge in [-0.15, -0.1) is 0 Å². The molecule has 1 aromatic rings. The molecule has 0 aromatic heterocycles. The van der Waals surface area contributed by atoms with E-state index in [1.807, 2.05) is 18.2 Å². The quantitative estimate of drug-likeness (QED) is 0.754. The summed E-state index contributed by atoms with van der Waals surface area (Å²) >= 11 is 0. The number of methoxy groups -OCH3 is 2. The number of benzene rings is 1. The maximum atomic E-state index is 9.25. The molecule has 0 aliphatic carbocycles. The fourth-order valence-corrected chi connectivity index (χ4v) is 1.79. The Balaban J connectivity index is 2.95. The first-order valence-corrected chi connectivity index (χ1v) is 6.12. The third-order valence-corrected chi connectivity index (χ3v) is 2.75. The lowest BCUT2D eigenvalue weighted by Gasteiger charge is -2.17. The average Bonchev–Trinajstić information content (AvgIpc) is 2.42. The van der Waals surface area contributed by atoms with Gasteiger partial charge in [0.15, 0.2) is 11.5 Å². The number of nitrogens with zero attached hydrogens (tertiary/aromatic N) is 1. The van der Waals surface area contributed by atoms with Crippen molar-refractivity contribution in [1.82, 2.24) is 5.32 Å². The predicted octanol–water partition coefficient (Wildman–Crippen LogP) is 2.66. The van der Waals surface area contributed by atoms with Crippen LogP contribution in [0.2, 0.25) is 0 Å². The van der Waals surface area contributed by atoms with Crippen molar-refractivity contribution in [2.45, 2.75) is 25.8 Å². The van der Waals surface area contributed by atoms with Gasteiger partial charge in [-0.05, 0) is 19.0 Å². The molecule has 0 radical (unpaired) electrons. The second kappa shape index (κ2) is 7.57. The van der Waals surface area contributed by atoms with Gasteiger partial charge in [-0.2, -0.15) is 5.26 Å². The Hall–Kier alpha value is -1.73. The Morgan fingerprint density at radius 2 is 2.11 bits per heavy atom. The fraction of sp³-hybridized carbons (Fsp3) is 0.500. The van der Waals surface area contributed by atoms with E-state index in [1.54, 1.807) is 14.2 Å². The number of nitriles is 1. The van der Waals surface area contributed by atoms with Gasteiger partial charge in [0.1, 0.15) is 6.04 Å². The molecule has 1 aromatic carbocycles. The predicted molar refractivity (Wildman–Crippen MR) is 70.8 cm³/mol. The molecule has 4 nitrogen and oxygen atoms in total. The van der Waals surface area contributed by atoms with Gasteiger partial charge in [0.25, 0.3) is 0 Å². The summed E-state index contributed by atoms with van der Waals surface area (Å²) in [5.74, 6) is 1.27. The van der Waals surface area contributed by atoms with Crippen molar-refractivity contribution in [3.05, 3.63) is 23.8 Å². The van der Waals surface area contributed by atoms with E-state index in [1.165, 1.54) is 0 Å². The van der Waals surface area contributed by atoms with Gasteiger partial charge in [-0.25, -0.2) is 0 Å². The Bertz CT molecular complexity index is 413. The van der Waals surface area contributed by atoms with Crippen LogP contribution in [0.3, 0.4) is 0 Å². The molecule has 0 bridgehead atoms. The van der Waals surface area contributed by atoms with Crippen molar-refractivity contribution >= 4 is 0 Å². The molecule has 1 unspecified atom stereocenters. The number of nitrogens with one attached hydrogen (secondary N) is 1. The van der Waals surface area contributed by atoms with Crippen LogP contribution in [0.4, 0.5) is 0 Å². The van der Waals surface area contributed by atoms with E-state index in [-0.39, 0.29) is 6.04 Å². The molecular weight excluding hydrogens is 228 g/mol. The molecule has 0 saturated carbocycles. The van der Waals surface area contributed by atoms with Gasteiger partial charge >= 0.3 is 0 Å². The van der Waals surface area contributed by atoms with Gasteiger partial charge in [0.2, 0.25) is 0 Å². The van der Waals surface area contributed by atoms with Gasteiger partial charge in [0.05, 0.1) is 20.3 Å². The minimum atomic E-state index is -0.374. The summed E-state index contributed by atoms with van der Waals surface area (Å²) in [5, 5.41) is 12.5. The number of hydrogen-bond donors (Lipinski definition) is 1. The molecule has 0 saturated heterocycles. The van der Waals surface area contributed by atoms with Crippen molar-refractivity contribution in [3.63, 3.8) is 0 Å². The second-order valence-electron chi connectivity index (χ2n) is 3.95. The highest BCUT2D eigenvalue weighted by molar-refractivity contribution is 5.49. The van der Waals surface area contributed by atoms with Crippen LogP contribution in [0, 0.1) is 11.3 Å². The summed E-state index contributed by atoms with van der Waals surface area (Å²) in [4.78, 5) is 0. The fourth-order valence-electron chi connectivity index (χ4n) is 1.79. The van der Waals surface area contributed by atoms with E-state index >= 15 is 0 Å². The Kier molecular flexibility index (Phi) is 6.03. The standard InChI is InChI=1S/C14H20N2O2/c1-4-5-9-16-12(10-15)11-7-6-8-13(17-2)14(11)18-3/h6-8,12,16H,4-5,9H2,1-3H3. The molecule has 1 rings (SSSR count). The van der Waals surface area contributed by atoms with Crippen LogP contribution in [-0.2, 0) is 0 Å². The van der Waals surface area contributed by atoms with E-state index in [9.17, 15) is 5.26 Å². The van der Waals surface area contributed by atoms with Gasteiger partial charge < -0.3 is 9.47 Å². The number of ether oxygens (including phenoxy) is 2. The van der Waals surface area contributed by atoms with E-state index in [0.29, 0.717) is 11.5 Å². The molecule has 1 atom stereocenters. The van der Waals surface area contributed by atoms with Crippen LogP contribution in [0.5, 0.6) is 11.5 Å². The van der Waals surface area contributed by atoms with E-state index in [2.05, 4.69) is 18.3 Å². The summed E-state index contributed by atoms with van der Waals surface area (Å²) in [7, 11) is 3.18. The summed E-state index contributed by atoms with van der Waals surface area (Å²) in [6.45, 7) is 2.93. The third-order valence-electron chi connectivity index (χ3n) is 2.75.